The minimum Gasteiger partial charge on any atom is -0.359 e. The molecule has 0 atom stereocenters. The number of hydrogen-bond donors (Lipinski definition) is 1. The summed E-state index contributed by atoms with van der Waals surface area (Å²) in [6.07, 6.45) is 5.05. The van der Waals surface area contributed by atoms with Crippen molar-refractivity contribution in [1.29, 1.82) is 0 Å². The van der Waals surface area contributed by atoms with Crippen LogP contribution >= 0.6 is 11.6 Å². The van der Waals surface area contributed by atoms with Gasteiger partial charge >= 0.3 is 5.69 Å². The molecule has 0 amide bonds. The van der Waals surface area contributed by atoms with Gasteiger partial charge in [0.1, 0.15) is 5.65 Å². The molecular formula is C13H10ClN5O2. The van der Waals surface area contributed by atoms with Crippen LogP contribution in [0.5, 0.6) is 0 Å². The number of nitro groups is 1. The number of pyridine rings is 2. The van der Waals surface area contributed by atoms with E-state index in [0.29, 0.717) is 11.6 Å². The lowest BCUT2D eigenvalue weighted by Gasteiger charge is -2.03. The lowest BCUT2D eigenvalue weighted by molar-refractivity contribution is -0.384. The van der Waals surface area contributed by atoms with Crippen LogP contribution in [-0.4, -0.2) is 19.3 Å². The first-order valence-corrected chi connectivity index (χ1v) is 6.48. The second-order valence-corrected chi connectivity index (χ2v) is 4.76. The summed E-state index contributed by atoms with van der Waals surface area (Å²) in [7, 11) is 0. The first-order valence-electron chi connectivity index (χ1n) is 6.10. The van der Waals surface area contributed by atoms with E-state index in [2.05, 4.69) is 15.3 Å². The van der Waals surface area contributed by atoms with Crippen LogP contribution in [0.25, 0.3) is 5.65 Å². The molecule has 0 fully saturated rings. The highest BCUT2D eigenvalue weighted by Gasteiger charge is 2.14. The van der Waals surface area contributed by atoms with Gasteiger partial charge in [0.05, 0.1) is 22.2 Å². The van der Waals surface area contributed by atoms with Gasteiger partial charge in [0.25, 0.3) is 0 Å². The summed E-state index contributed by atoms with van der Waals surface area (Å²) in [6, 6.07) is 6.48. The fourth-order valence-corrected chi connectivity index (χ4v) is 2.13. The predicted octanol–water partition coefficient (Wildman–Crippen LogP) is 2.90. The Labute approximate surface area is 124 Å². The van der Waals surface area contributed by atoms with E-state index in [4.69, 9.17) is 11.6 Å². The smallest absolute Gasteiger partial charge is 0.311 e. The Hall–Kier alpha value is -2.67. The third-order valence-corrected chi connectivity index (χ3v) is 3.11. The molecule has 106 valence electrons. The number of anilines is 1. The van der Waals surface area contributed by atoms with Crippen LogP contribution in [-0.2, 0) is 6.54 Å². The summed E-state index contributed by atoms with van der Waals surface area (Å²) >= 11 is 5.91. The fraction of sp³-hybridized carbons (Fsp3) is 0.0769. The van der Waals surface area contributed by atoms with Crippen molar-refractivity contribution in [3.8, 4) is 0 Å². The quantitative estimate of drug-likeness (QED) is 0.591. The lowest BCUT2D eigenvalue weighted by Crippen LogP contribution is -2.04. The molecule has 8 heteroatoms. The summed E-state index contributed by atoms with van der Waals surface area (Å²) in [4.78, 5) is 18.8. The van der Waals surface area contributed by atoms with E-state index in [9.17, 15) is 10.1 Å². The second kappa shape index (κ2) is 5.37. The molecule has 0 aliphatic rings. The van der Waals surface area contributed by atoms with Crippen molar-refractivity contribution in [3.63, 3.8) is 0 Å². The van der Waals surface area contributed by atoms with Gasteiger partial charge in [-0.3, -0.25) is 10.1 Å². The van der Waals surface area contributed by atoms with Crippen LogP contribution in [0.2, 0.25) is 5.02 Å². The standard InChI is InChI=1S/C13H10ClN5O2/c14-9-3-4-12-17-10(8-18(12)7-9)6-16-13-11(19(20)21)2-1-5-15-13/h1-5,7-8H,6H2,(H,15,16). The average molecular weight is 304 g/mol. The third-order valence-electron chi connectivity index (χ3n) is 2.88. The molecule has 0 aliphatic carbocycles. The van der Waals surface area contributed by atoms with Crippen molar-refractivity contribution in [2.45, 2.75) is 6.54 Å². The van der Waals surface area contributed by atoms with Gasteiger partial charge in [-0.2, -0.15) is 0 Å². The normalized spacial score (nSPS) is 10.7. The number of nitrogens with one attached hydrogen (secondary N) is 1. The number of nitrogens with zero attached hydrogens (tertiary/aromatic N) is 4. The first kappa shape index (κ1) is 13.3. The van der Waals surface area contributed by atoms with Crippen LogP contribution in [0.3, 0.4) is 0 Å². The molecule has 1 N–H and O–H groups in total. The number of imidazole rings is 1. The highest BCUT2D eigenvalue weighted by molar-refractivity contribution is 6.30. The van der Waals surface area contributed by atoms with E-state index in [1.165, 1.54) is 18.3 Å². The molecule has 0 radical (unpaired) electrons. The Morgan fingerprint density at radius 1 is 1.33 bits per heavy atom. The maximum Gasteiger partial charge on any atom is 0.311 e. The molecule has 7 nitrogen and oxygen atoms in total. The zero-order valence-corrected chi connectivity index (χ0v) is 11.5. The topological polar surface area (TPSA) is 85.4 Å². The van der Waals surface area contributed by atoms with E-state index >= 15 is 0 Å². The molecule has 3 aromatic heterocycles. The average Bonchev–Trinajstić information content (AvgIpc) is 2.87. The van der Waals surface area contributed by atoms with E-state index in [0.717, 1.165) is 11.3 Å². The van der Waals surface area contributed by atoms with Gasteiger partial charge in [-0.1, -0.05) is 11.6 Å². The fourth-order valence-electron chi connectivity index (χ4n) is 1.96. The Morgan fingerprint density at radius 3 is 3.00 bits per heavy atom. The first-order chi connectivity index (χ1) is 10.1. The van der Waals surface area contributed by atoms with Crippen molar-refractivity contribution in [2.24, 2.45) is 0 Å². The summed E-state index contributed by atoms with van der Waals surface area (Å²) in [6.45, 7) is 0.331. The van der Waals surface area contributed by atoms with Gasteiger partial charge in [-0.15, -0.1) is 0 Å². The SMILES string of the molecule is O=[N+]([O-])c1cccnc1NCc1cn2cc(Cl)ccc2n1. The number of fused-ring (bicyclic) bond motifs is 1. The lowest BCUT2D eigenvalue weighted by atomic mass is 10.4. The molecule has 0 saturated heterocycles. The number of rotatable bonds is 4. The molecule has 0 saturated carbocycles. The van der Waals surface area contributed by atoms with Crippen molar-refractivity contribution >= 4 is 28.8 Å². The van der Waals surface area contributed by atoms with Crippen LogP contribution in [0, 0.1) is 10.1 Å². The van der Waals surface area contributed by atoms with Crippen LogP contribution in [0.1, 0.15) is 5.69 Å². The molecule has 0 aromatic carbocycles. The van der Waals surface area contributed by atoms with E-state index < -0.39 is 4.92 Å². The van der Waals surface area contributed by atoms with Crippen molar-refractivity contribution in [1.82, 2.24) is 14.4 Å². The van der Waals surface area contributed by atoms with Gasteiger partial charge in [0.2, 0.25) is 5.82 Å². The molecular weight excluding hydrogens is 294 g/mol. The summed E-state index contributed by atoms with van der Waals surface area (Å²) in [5, 5.41) is 14.4. The number of halogens is 1. The van der Waals surface area contributed by atoms with Crippen molar-refractivity contribution in [2.75, 3.05) is 5.32 Å². The van der Waals surface area contributed by atoms with Crippen molar-refractivity contribution < 1.29 is 4.92 Å². The van der Waals surface area contributed by atoms with E-state index in [1.54, 1.807) is 22.7 Å². The summed E-state index contributed by atoms with van der Waals surface area (Å²) in [5.41, 5.74) is 1.42. The van der Waals surface area contributed by atoms with Gasteiger partial charge < -0.3 is 9.72 Å². The van der Waals surface area contributed by atoms with E-state index in [1.807, 2.05) is 6.20 Å². The molecule has 3 rings (SSSR count). The summed E-state index contributed by atoms with van der Waals surface area (Å²) < 4.78 is 1.80. The maximum absolute atomic E-state index is 10.9. The largest absolute Gasteiger partial charge is 0.359 e. The molecule has 21 heavy (non-hydrogen) atoms. The van der Waals surface area contributed by atoms with Gasteiger partial charge in [-0.05, 0) is 18.2 Å². The van der Waals surface area contributed by atoms with Crippen LogP contribution in [0.15, 0.2) is 42.9 Å². The zero-order valence-electron chi connectivity index (χ0n) is 10.7. The Bertz CT molecular complexity index is 817. The molecule has 3 heterocycles. The number of hydrogen-bond acceptors (Lipinski definition) is 5. The maximum atomic E-state index is 10.9. The van der Waals surface area contributed by atoms with Crippen LogP contribution < -0.4 is 5.32 Å². The Balaban J connectivity index is 1.82. The Morgan fingerprint density at radius 2 is 2.19 bits per heavy atom. The van der Waals surface area contributed by atoms with Gasteiger partial charge in [0.15, 0.2) is 0 Å². The highest BCUT2D eigenvalue weighted by atomic mass is 35.5. The number of aromatic nitrogens is 3. The molecule has 0 spiro atoms. The third kappa shape index (κ3) is 2.77. The van der Waals surface area contributed by atoms with Gasteiger partial charge in [-0.25, -0.2) is 9.97 Å². The monoisotopic (exact) mass is 303 g/mol. The Kier molecular flexibility index (Phi) is 3.41. The minimum atomic E-state index is -0.473. The zero-order chi connectivity index (χ0) is 14.8. The predicted molar refractivity (Wildman–Crippen MR) is 78.4 cm³/mol. The molecule has 0 unspecified atom stereocenters. The van der Waals surface area contributed by atoms with Crippen molar-refractivity contribution in [3.05, 3.63) is 63.7 Å². The molecule has 0 aliphatic heterocycles. The molecule has 3 aromatic rings. The molecule has 0 bridgehead atoms. The second-order valence-electron chi connectivity index (χ2n) is 4.33. The van der Waals surface area contributed by atoms with E-state index in [-0.39, 0.29) is 11.5 Å². The highest BCUT2D eigenvalue weighted by Crippen LogP contribution is 2.21. The van der Waals surface area contributed by atoms with Crippen LogP contribution in [0.4, 0.5) is 11.5 Å². The minimum absolute atomic E-state index is 0.0655. The summed E-state index contributed by atoms with van der Waals surface area (Å²) in [5.74, 6) is 0.220. The van der Waals surface area contributed by atoms with Gasteiger partial charge in [0, 0.05) is 24.7 Å².